The molecule has 36 heavy (non-hydrogen) atoms. The molecule has 1 aliphatic heterocycles. The van der Waals surface area contributed by atoms with Crippen molar-refractivity contribution in [3.05, 3.63) is 83.6 Å². The van der Waals surface area contributed by atoms with Crippen molar-refractivity contribution in [1.82, 2.24) is 19.2 Å². The third kappa shape index (κ3) is 4.65. The van der Waals surface area contributed by atoms with Crippen LogP contribution in [0.25, 0.3) is 28.0 Å². The summed E-state index contributed by atoms with van der Waals surface area (Å²) in [6.07, 6.45) is 6.72. The number of halogens is 1. The number of aromatic nitrogens is 2. The lowest BCUT2D eigenvalue weighted by atomic mass is 10.1. The maximum atomic E-state index is 12.9. The van der Waals surface area contributed by atoms with E-state index in [-0.39, 0.29) is 5.92 Å². The van der Waals surface area contributed by atoms with E-state index in [0.717, 1.165) is 73.1 Å². The Labute approximate surface area is 217 Å². The zero-order chi connectivity index (χ0) is 24.5. The molecule has 2 aliphatic rings. The molecule has 0 N–H and O–H groups in total. The maximum absolute atomic E-state index is 12.9. The monoisotopic (exact) mass is 498 g/mol. The normalized spacial score (nSPS) is 17.2. The number of pyridine rings is 1. The molecule has 0 spiro atoms. The summed E-state index contributed by atoms with van der Waals surface area (Å²) in [7, 11) is 0. The zero-order valence-electron chi connectivity index (χ0n) is 20.4. The van der Waals surface area contributed by atoms with Gasteiger partial charge in [0, 0.05) is 55.4 Å². The predicted octanol–water partition coefficient (Wildman–Crippen LogP) is 6.16. The second-order valence-corrected chi connectivity index (χ2v) is 10.4. The third-order valence-corrected chi connectivity index (χ3v) is 7.96. The van der Waals surface area contributed by atoms with E-state index in [9.17, 15) is 4.79 Å². The molecule has 5 nitrogen and oxygen atoms in total. The van der Waals surface area contributed by atoms with E-state index in [0.29, 0.717) is 5.91 Å². The van der Waals surface area contributed by atoms with Gasteiger partial charge in [-0.2, -0.15) is 0 Å². The van der Waals surface area contributed by atoms with Crippen LogP contribution in [0.5, 0.6) is 0 Å². The summed E-state index contributed by atoms with van der Waals surface area (Å²) in [4.78, 5) is 22.5. The van der Waals surface area contributed by atoms with Gasteiger partial charge in [0.15, 0.2) is 0 Å². The number of imidazole rings is 1. The molecular formula is C30H31ClN4O. The lowest BCUT2D eigenvalue weighted by molar-refractivity contribution is -0.137. The number of amides is 1. The van der Waals surface area contributed by atoms with Crippen LogP contribution in [0, 0.1) is 5.92 Å². The highest BCUT2D eigenvalue weighted by Crippen LogP contribution is 2.30. The molecule has 1 amide bonds. The summed E-state index contributed by atoms with van der Waals surface area (Å²) >= 11 is 6.18. The number of carbonyl (C=O) groups excluding carboxylic acids is 1. The van der Waals surface area contributed by atoms with Crippen molar-refractivity contribution in [2.75, 3.05) is 26.2 Å². The topological polar surface area (TPSA) is 40.9 Å². The molecule has 3 heterocycles. The molecule has 2 aromatic carbocycles. The molecule has 0 radical (unpaired) electrons. The summed E-state index contributed by atoms with van der Waals surface area (Å²) in [6, 6.07) is 22.6. The second kappa shape index (κ2) is 10.1. The summed E-state index contributed by atoms with van der Waals surface area (Å²) in [5, 5.41) is 0.721. The second-order valence-electron chi connectivity index (χ2n) is 10.0. The number of carbonyl (C=O) groups is 1. The van der Waals surface area contributed by atoms with Gasteiger partial charge in [-0.3, -0.25) is 9.69 Å². The standard InChI is InChI=1S/C30H31ClN4O/c31-26-13-10-23(11-14-26)29-27(21-33-16-18-34(19-17-33)30(36)24-8-4-5-9-24)35-20-25(12-15-28(35)32-29)22-6-2-1-3-7-22/h1-3,6-7,10-15,20,24H,4-5,8-9,16-19,21H2. The highest BCUT2D eigenvalue weighted by Gasteiger charge is 2.30. The summed E-state index contributed by atoms with van der Waals surface area (Å²) in [6.45, 7) is 4.15. The van der Waals surface area contributed by atoms with Crippen LogP contribution in [0.1, 0.15) is 31.4 Å². The quantitative estimate of drug-likeness (QED) is 0.331. The van der Waals surface area contributed by atoms with Crippen LogP contribution >= 0.6 is 11.6 Å². The van der Waals surface area contributed by atoms with E-state index in [2.05, 4.69) is 56.8 Å². The van der Waals surface area contributed by atoms with Gasteiger partial charge in [0.2, 0.25) is 5.91 Å². The molecule has 184 valence electrons. The summed E-state index contributed by atoms with van der Waals surface area (Å²) in [5.41, 5.74) is 6.50. The van der Waals surface area contributed by atoms with E-state index >= 15 is 0 Å². The number of hydrogen-bond acceptors (Lipinski definition) is 3. The van der Waals surface area contributed by atoms with E-state index in [1.165, 1.54) is 24.1 Å². The Balaban J connectivity index is 1.30. The van der Waals surface area contributed by atoms with Gasteiger partial charge < -0.3 is 9.30 Å². The van der Waals surface area contributed by atoms with Crippen molar-refractivity contribution in [2.45, 2.75) is 32.2 Å². The number of piperazine rings is 1. The first-order chi connectivity index (χ1) is 17.7. The highest BCUT2D eigenvalue weighted by atomic mass is 35.5. The Kier molecular flexibility index (Phi) is 6.51. The van der Waals surface area contributed by atoms with E-state index in [1.54, 1.807) is 0 Å². The first kappa shape index (κ1) is 23.3. The summed E-state index contributed by atoms with van der Waals surface area (Å²) < 4.78 is 2.24. The molecule has 6 rings (SSSR count). The molecule has 4 aromatic rings. The molecule has 0 unspecified atom stereocenters. The van der Waals surface area contributed by atoms with Crippen molar-refractivity contribution < 1.29 is 4.79 Å². The van der Waals surface area contributed by atoms with Crippen LogP contribution in [0.3, 0.4) is 0 Å². The lowest BCUT2D eigenvalue weighted by Crippen LogP contribution is -2.49. The highest BCUT2D eigenvalue weighted by molar-refractivity contribution is 6.30. The van der Waals surface area contributed by atoms with E-state index in [4.69, 9.17) is 16.6 Å². The third-order valence-electron chi connectivity index (χ3n) is 7.70. The van der Waals surface area contributed by atoms with Gasteiger partial charge in [-0.15, -0.1) is 0 Å². The van der Waals surface area contributed by atoms with Crippen LogP contribution in [-0.2, 0) is 11.3 Å². The van der Waals surface area contributed by atoms with Crippen LogP contribution in [0.4, 0.5) is 0 Å². The van der Waals surface area contributed by atoms with Crippen LogP contribution < -0.4 is 0 Å². The molecular weight excluding hydrogens is 468 g/mol. The first-order valence-corrected chi connectivity index (χ1v) is 13.4. The zero-order valence-corrected chi connectivity index (χ0v) is 21.2. The fourth-order valence-corrected chi connectivity index (χ4v) is 5.78. The van der Waals surface area contributed by atoms with Gasteiger partial charge in [-0.25, -0.2) is 4.98 Å². The molecule has 6 heteroatoms. The van der Waals surface area contributed by atoms with Gasteiger partial charge >= 0.3 is 0 Å². The molecule has 1 saturated carbocycles. The average Bonchev–Trinajstić information content (AvgIpc) is 3.58. The molecule has 0 bridgehead atoms. The fourth-order valence-electron chi connectivity index (χ4n) is 5.65. The average molecular weight is 499 g/mol. The van der Waals surface area contributed by atoms with Crippen molar-refractivity contribution in [3.63, 3.8) is 0 Å². The largest absolute Gasteiger partial charge is 0.340 e. The van der Waals surface area contributed by atoms with Gasteiger partial charge in [-0.05, 0) is 48.2 Å². The minimum absolute atomic E-state index is 0.253. The van der Waals surface area contributed by atoms with Crippen LogP contribution in [-0.4, -0.2) is 51.3 Å². The Hall–Kier alpha value is -3.15. The van der Waals surface area contributed by atoms with Crippen molar-refractivity contribution in [2.24, 2.45) is 5.92 Å². The lowest BCUT2D eigenvalue weighted by Gasteiger charge is -2.36. The summed E-state index contributed by atoms with van der Waals surface area (Å²) in [5.74, 6) is 0.625. The van der Waals surface area contributed by atoms with E-state index in [1.807, 2.05) is 30.3 Å². The Morgan fingerprint density at radius 2 is 1.53 bits per heavy atom. The van der Waals surface area contributed by atoms with Crippen molar-refractivity contribution >= 4 is 23.2 Å². The Bertz CT molecular complexity index is 1350. The minimum Gasteiger partial charge on any atom is -0.340 e. The smallest absolute Gasteiger partial charge is 0.225 e. The van der Waals surface area contributed by atoms with Crippen LogP contribution in [0.15, 0.2) is 72.9 Å². The van der Waals surface area contributed by atoms with Gasteiger partial charge in [0.1, 0.15) is 5.65 Å². The van der Waals surface area contributed by atoms with Crippen molar-refractivity contribution in [3.8, 4) is 22.4 Å². The number of nitrogens with zero attached hydrogens (tertiary/aromatic N) is 4. The Morgan fingerprint density at radius 3 is 2.25 bits per heavy atom. The maximum Gasteiger partial charge on any atom is 0.225 e. The number of benzene rings is 2. The number of fused-ring (bicyclic) bond motifs is 1. The number of rotatable bonds is 5. The van der Waals surface area contributed by atoms with E-state index < -0.39 is 0 Å². The first-order valence-electron chi connectivity index (χ1n) is 13.0. The predicted molar refractivity (Wildman–Crippen MR) is 145 cm³/mol. The fraction of sp³-hybridized carbons (Fsp3) is 0.333. The van der Waals surface area contributed by atoms with Gasteiger partial charge in [0.05, 0.1) is 11.4 Å². The van der Waals surface area contributed by atoms with Crippen LogP contribution in [0.2, 0.25) is 5.02 Å². The molecule has 1 saturated heterocycles. The molecule has 2 aromatic heterocycles. The van der Waals surface area contributed by atoms with Crippen molar-refractivity contribution in [1.29, 1.82) is 0 Å². The van der Waals surface area contributed by atoms with Gasteiger partial charge in [0.25, 0.3) is 0 Å². The minimum atomic E-state index is 0.253. The molecule has 1 aliphatic carbocycles. The van der Waals surface area contributed by atoms with Gasteiger partial charge in [-0.1, -0.05) is 66.9 Å². The SMILES string of the molecule is O=C(C1CCCC1)N1CCN(Cc2c(-c3ccc(Cl)cc3)nc3ccc(-c4ccccc4)cn23)CC1. The number of hydrogen-bond donors (Lipinski definition) is 0. The molecule has 2 fully saturated rings. The Morgan fingerprint density at radius 1 is 0.833 bits per heavy atom. The molecule has 0 atom stereocenters.